The first-order valence-corrected chi connectivity index (χ1v) is 8.03. The number of benzene rings is 2. The van der Waals surface area contributed by atoms with Gasteiger partial charge in [-0.05, 0) is 43.5 Å². The number of aryl methyl sites for hydroxylation is 1. The van der Waals surface area contributed by atoms with Gasteiger partial charge in [-0.1, -0.05) is 70.9 Å². The van der Waals surface area contributed by atoms with Crippen LogP contribution in [-0.2, 0) is 6.42 Å². The molecule has 20 heavy (non-hydrogen) atoms. The van der Waals surface area contributed by atoms with Crippen molar-refractivity contribution in [1.82, 2.24) is 5.32 Å². The molecule has 0 heterocycles. The first kappa shape index (κ1) is 15.3. The molecule has 0 fully saturated rings. The highest BCUT2D eigenvalue weighted by Gasteiger charge is 2.12. The standard InChI is InChI=1S/C18H22BrN/c1-3-12-20-18(15-10-8-14(2)9-11-15)13-16-6-4-5-7-17(16)19/h4-11,18,20H,3,12-13H2,1-2H3. The van der Waals surface area contributed by atoms with Crippen molar-refractivity contribution in [2.75, 3.05) is 6.54 Å². The topological polar surface area (TPSA) is 12.0 Å². The molecule has 0 radical (unpaired) electrons. The molecule has 0 saturated carbocycles. The van der Waals surface area contributed by atoms with Crippen molar-refractivity contribution < 1.29 is 0 Å². The Hall–Kier alpha value is -1.12. The van der Waals surface area contributed by atoms with E-state index in [-0.39, 0.29) is 0 Å². The van der Waals surface area contributed by atoms with Gasteiger partial charge >= 0.3 is 0 Å². The van der Waals surface area contributed by atoms with E-state index < -0.39 is 0 Å². The van der Waals surface area contributed by atoms with E-state index in [1.54, 1.807) is 0 Å². The maximum atomic E-state index is 3.66. The van der Waals surface area contributed by atoms with Crippen molar-refractivity contribution in [2.45, 2.75) is 32.7 Å². The number of nitrogens with one attached hydrogen (secondary N) is 1. The summed E-state index contributed by atoms with van der Waals surface area (Å²) in [4.78, 5) is 0. The van der Waals surface area contributed by atoms with Gasteiger partial charge in [0.2, 0.25) is 0 Å². The monoisotopic (exact) mass is 331 g/mol. The fourth-order valence-corrected chi connectivity index (χ4v) is 2.76. The van der Waals surface area contributed by atoms with Crippen molar-refractivity contribution >= 4 is 15.9 Å². The van der Waals surface area contributed by atoms with Gasteiger partial charge in [0.1, 0.15) is 0 Å². The van der Waals surface area contributed by atoms with Gasteiger partial charge in [-0.15, -0.1) is 0 Å². The molecule has 1 N–H and O–H groups in total. The predicted molar refractivity (Wildman–Crippen MR) is 90.1 cm³/mol. The van der Waals surface area contributed by atoms with Crippen molar-refractivity contribution in [3.63, 3.8) is 0 Å². The lowest BCUT2D eigenvalue weighted by Crippen LogP contribution is -2.24. The van der Waals surface area contributed by atoms with Gasteiger partial charge < -0.3 is 5.32 Å². The molecule has 0 bridgehead atoms. The summed E-state index contributed by atoms with van der Waals surface area (Å²) < 4.78 is 1.19. The highest BCUT2D eigenvalue weighted by Crippen LogP contribution is 2.24. The fourth-order valence-electron chi connectivity index (χ4n) is 2.31. The molecule has 2 aromatic carbocycles. The third-order valence-corrected chi connectivity index (χ3v) is 4.28. The molecule has 1 unspecified atom stereocenters. The SMILES string of the molecule is CCCNC(Cc1ccccc1Br)c1ccc(C)cc1. The zero-order valence-electron chi connectivity index (χ0n) is 12.2. The second kappa shape index (κ2) is 7.61. The van der Waals surface area contributed by atoms with Crippen LogP contribution in [0.2, 0.25) is 0 Å². The minimum Gasteiger partial charge on any atom is -0.310 e. The van der Waals surface area contributed by atoms with Crippen LogP contribution in [0.3, 0.4) is 0 Å². The molecule has 0 aromatic heterocycles. The van der Waals surface area contributed by atoms with Crippen LogP contribution >= 0.6 is 15.9 Å². The average molecular weight is 332 g/mol. The van der Waals surface area contributed by atoms with Crippen LogP contribution in [0.25, 0.3) is 0 Å². The largest absolute Gasteiger partial charge is 0.310 e. The molecule has 1 nitrogen and oxygen atoms in total. The molecule has 0 aliphatic carbocycles. The highest BCUT2D eigenvalue weighted by molar-refractivity contribution is 9.10. The van der Waals surface area contributed by atoms with Gasteiger partial charge in [0.25, 0.3) is 0 Å². The van der Waals surface area contributed by atoms with Crippen LogP contribution < -0.4 is 5.32 Å². The first-order valence-electron chi connectivity index (χ1n) is 7.24. The summed E-state index contributed by atoms with van der Waals surface area (Å²) >= 11 is 3.65. The van der Waals surface area contributed by atoms with Gasteiger partial charge in [0.15, 0.2) is 0 Å². The second-order valence-corrected chi connectivity index (χ2v) is 6.07. The van der Waals surface area contributed by atoms with Crippen LogP contribution in [0.4, 0.5) is 0 Å². The Morgan fingerprint density at radius 1 is 1.05 bits per heavy atom. The molecule has 2 rings (SSSR count). The van der Waals surface area contributed by atoms with Crippen molar-refractivity contribution in [1.29, 1.82) is 0 Å². The van der Waals surface area contributed by atoms with E-state index in [0.29, 0.717) is 6.04 Å². The quantitative estimate of drug-likeness (QED) is 0.781. The Bertz CT molecular complexity index is 533. The third-order valence-electron chi connectivity index (χ3n) is 3.50. The molecule has 0 saturated heterocycles. The van der Waals surface area contributed by atoms with Gasteiger partial charge in [-0.2, -0.15) is 0 Å². The maximum absolute atomic E-state index is 3.66. The summed E-state index contributed by atoms with van der Waals surface area (Å²) in [6.07, 6.45) is 2.16. The van der Waals surface area contributed by atoms with Gasteiger partial charge in [0, 0.05) is 10.5 Å². The Balaban J connectivity index is 2.19. The fraction of sp³-hybridized carbons (Fsp3) is 0.333. The number of halogens is 1. The van der Waals surface area contributed by atoms with E-state index in [0.717, 1.165) is 19.4 Å². The van der Waals surface area contributed by atoms with E-state index in [9.17, 15) is 0 Å². The molecule has 2 heteroatoms. The van der Waals surface area contributed by atoms with Crippen LogP contribution in [0, 0.1) is 6.92 Å². The summed E-state index contributed by atoms with van der Waals surface area (Å²) in [5, 5.41) is 3.66. The molecule has 0 spiro atoms. The minimum atomic E-state index is 0.370. The first-order chi connectivity index (χ1) is 9.70. The summed E-state index contributed by atoms with van der Waals surface area (Å²) in [5.41, 5.74) is 4.02. The Morgan fingerprint density at radius 2 is 1.75 bits per heavy atom. The highest BCUT2D eigenvalue weighted by atomic mass is 79.9. The van der Waals surface area contributed by atoms with E-state index in [1.807, 2.05) is 0 Å². The summed E-state index contributed by atoms with van der Waals surface area (Å²) in [6, 6.07) is 17.7. The zero-order valence-corrected chi connectivity index (χ0v) is 13.8. The Labute approximate surface area is 130 Å². The van der Waals surface area contributed by atoms with Crippen molar-refractivity contribution in [3.8, 4) is 0 Å². The summed E-state index contributed by atoms with van der Waals surface area (Å²) in [7, 11) is 0. The van der Waals surface area contributed by atoms with E-state index in [2.05, 4.69) is 83.6 Å². The summed E-state index contributed by atoms with van der Waals surface area (Å²) in [6.45, 7) is 5.38. The van der Waals surface area contributed by atoms with Crippen molar-refractivity contribution in [2.24, 2.45) is 0 Å². The van der Waals surface area contributed by atoms with Crippen LogP contribution in [0.5, 0.6) is 0 Å². The molecular weight excluding hydrogens is 310 g/mol. The molecule has 2 aromatic rings. The predicted octanol–water partition coefficient (Wildman–Crippen LogP) is 5.04. The smallest absolute Gasteiger partial charge is 0.0361 e. The van der Waals surface area contributed by atoms with Gasteiger partial charge in [-0.25, -0.2) is 0 Å². The lowest BCUT2D eigenvalue weighted by atomic mass is 9.98. The van der Waals surface area contributed by atoms with Crippen LogP contribution in [0.15, 0.2) is 53.0 Å². The van der Waals surface area contributed by atoms with Crippen LogP contribution in [-0.4, -0.2) is 6.54 Å². The number of hydrogen-bond acceptors (Lipinski definition) is 1. The zero-order chi connectivity index (χ0) is 14.4. The summed E-state index contributed by atoms with van der Waals surface area (Å²) in [5.74, 6) is 0. The van der Waals surface area contributed by atoms with E-state index in [4.69, 9.17) is 0 Å². The molecule has 0 amide bonds. The average Bonchev–Trinajstić information content (AvgIpc) is 2.46. The van der Waals surface area contributed by atoms with Crippen molar-refractivity contribution in [3.05, 3.63) is 69.7 Å². The molecule has 106 valence electrons. The Morgan fingerprint density at radius 3 is 2.40 bits per heavy atom. The second-order valence-electron chi connectivity index (χ2n) is 5.21. The molecule has 1 atom stereocenters. The van der Waals surface area contributed by atoms with E-state index in [1.165, 1.54) is 21.2 Å². The third kappa shape index (κ3) is 4.19. The number of rotatable bonds is 6. The minimum absolute atomic E-state index is 0.370. The normalized spacial score (nSPS) is 12.3. The molecular formula is C18H22BrN. The number of hydrogen-bond donors (Lipinski definition) is 1. The lowest BCUT2D eigenvalue weighted by molar-refractivity contribution is 0.528. The maximum Gasteiger partial charge on any atom is 0.0361 e. The van der Waals surface area contributed by atoms with E-state index >= 15 is 0 Å². The van der Waals surface area contributed by atoms with Crippen LogP contribution in [0.1, 0.15) is 36.1 Å². The molecule has 0 aliphatic rings. The van der Waals surface area contributed by atoms with Gasteiger partial charge in [-0.3, -0.25) is 0 Å². The van der Waals surface area contributed by atoms with Gasteiger partial charge in [0.05, 0.1) is 0 Å². The lowest BCUT2D eigenvalue weighted by Gasteiger charge is -2.20. The Kier molecular flexibility index (Phi) is 5.81. The molecule has 0 aliphatic heterocycles.